The molecule has 2 heteroatoms. The first-order valence-corrected chi connectivity index (χ1v) is 6.42. The maximum atomic E-state index is 3.39. The molecule has 0 radical (unpaired) electrons. The maximum Gasteiger partial charge on any atom is 0.0273 e. The van der Waals surface area contributed by atoms with Crippen molar-refractivity contribution in [3.63, 3.8) is 0 Å². The molecule has 1 aromatic heterocycles. The number of rotatable bonds is 5. The molecule has 0 spiro atoms. The number of hydrogen-bond acceptors (Lipinski definition) is 2. The van der Waals surface area contributed by atoms with Crippen LogP contribution in [0.25, 0.3) is 6.08 Å². The average Bonchev–Trinajstić information content (AvgIpc) is 2.58. The second kappa shape index (κ2) is 6.09. The van der Waals surface area contributed by atoms with Gasteiger partial charge in [0, 0.05) is 16.3 Å². The van der Waals surface area contributed by atoms with Gasteiger partial charge in [-0.3, -0.25) is 0 Å². The van der Waals surface area contributed by atoms with Gasteiger partial charge in [0.15, 0.2) is 0 Å². The van der Waals surface area contributed by atoms with E-state index < -0.39 is 0 Å². The minimum Gasteiger partial charge on any atom is -0.313 e. The molecule has 84 valence electrons. The van der Waals surface area contributed by atoms with Crippen LogP contribution in [0.5, 0.6) is 0 Å². The maximum absolute atomic E-state index is 3.39. The van der Waals surface area contributed by atoms with Crippen LogP contribution in [0, 0.1) is 12.8 Å². The van der Waals surface area contributed by atoms with Crippen molar-refractivity contribution in [2.24, 2.45) is 5.92 Å². The predicted octanol–water partition coefficient (Wildman–Crippen LogP) is 3.71. The molecule has 0 aromatic carbocycles. The summed E-state index contributed by atoms with van der Waals surface area (Å²) in [5.41, 5.74) is 1.48. The van der Waals surface area contributed by atoms with Crippen LogP contribution in [-0.2, 0) is 0 Å². The summed E-state index contributed by atoms with van der Waals surface area (Å²) in [6.07, 6.45) is 2.32. The van der Waals surface area contributed by atoms with E-state index in [2.05, 4.69) is 51.2 Å². The molecular formula is C13H21NS. The van der Waals surface area contributed by atoms with E-state index in [0.717, 1.165) is 13.1 Å². The standard InChI is InChI=1S/C13H21NS/c1-5-14-9-12(10(2)3)8-13-7-6-11(4)15-13/h6-8,10,14H,5,9H2,1-4H3. The van der Waals surface area contributed by atoms with Crippen LogP contribution in [0.4, 0.5) is 0 Å². The predicted molar refractivity (Wildman–Crippen MR) is 70.4 cm³/mol. The second-order valence-electron chi connectivity index (χ2n) is 4.10. The monoisotopic (exact) mass is 223 g/mol. The Hall–Kier alpha value is -0.600. The highest BCUT2D eigenvalue weighted by Gasteiger charge is 2.03. The highest BCUT2D eigenvalue weighted by Crippen LogP contribution is 2.20. The highest BCUT2D eigenvalue weighted by atomic mass is 32.1. The summed E-state index contributed by atoms with van der Waals surface area (Å²) in [7, 11) is 0. The fraction of sp³-hybridized carbons (Fsp3) is 0.538. The topological polar surface area (TPSA) is 12.0 Å². The smallest absolute Gasteiger partial charge is 0.0273 e. The first-order valence-electron chi connectivity index (χ1n) is 5.61. The van der Waals surface area contributed by atoms with Crippen LogP contribution in [0.3, 0.4) is 0 Å². The lowest BCUT2D eigenvalue weighted by Gasteiger charge is -2.11. The van der Waals surface area contributed by atoms with E-state index in [9.17, 15) is 0 Å². The van der Waals surface area contributed by atoms with Gasteiger partial charge in [-0.05, 0) is 37.6 Å². The van der Waals surface area contributed by atoms with E-state index in [1.54, 1.807) is 0 Å². The fourth-order valence-corrected chi connectivity index (χ4v) is 2.26. The summed E-state index contributed by atoms with van der Waals surface area (Å²) < 4.78 is 0. The van der Waals surface area contributed by atoms with Crippen molar-refractivity contribution in [2.75, 3.05) is 13.1 Å². The lowest BCUT2D eigenvalue weighted by atomic mass is 10.0. The van der Waals surface area contributed by atoms with Gasteiger partial charge in [-0.2, -0.15) is 0 Å². The van der Waals surface area contributed by atoms with Crippen molar-refractivity contribution >= 4 is 17.4 Å². The Morgan fingerprint density at radius 2 is 2.20 bits per heavy atom. The quantitative estimate of drug-likeness (QED) is 0.802. The Kier molecular flexibility index (Phi) is 5.06. The third kappa shape index (κ3) is 4.18. The summed E-state index contributed by atoms with van der Waals surface area (Å²) in [4.78, 5) is 2.75. The lowest BCUT2D eigenvalue weighted by molar-refractivity contribution is 0.683. The van der Waals surface area contributed by atoms with Crippen LogP contribution in [0.2, 0.25) is 0 Å². The first-order chi connectivity index (χ1) is 7.13. The number of likely N-dealkylation sites (N-methyl/N-ethyl adjacent to an activating group) is 1. The molecule has 0 bridgehead atoms. The summed E-state index contributed by atoms with van der Waals surface area (Å²) in [6, 6.07) is 4.38. The van der Waals surface area contributed by atoms with Gasteiger partial charge in [0.1, 0.15) is 0 Å². The van der Waals surface area contributed by atoms with Gasteiger partial charge in [0.25, 0.3) is 0 Å². The van der Waals surface area contributed by atoms with Crippen LogP contribution >= 0.6 is 11.3 Å². The SMILES string of the molecule is CCNCC(=Cc1ccc(C)s1)C(C)C. The summed E-state index contributed by atoms with van der Waals surface area (Å²) in [6.45, 7) is 10.8. The van der Waals surface area contributed by atoms with E-state index in [4.69, 9.17) is 0 Å². The Morgan fingerprint density at radius 1 is 1.47 bits per heavy atom. The largest absolute Gasteiger partial charge is 0.313 e. The normalized spacial score (nSPS) is 12.5. The minimum absolute atomic E-state index is 0.617. The molecule has 0 amide bonds. The number of thiophene rings is 1. The number of hydrogen-bond donors (Lipinski definition) is 1. The van der Waals surface area contributed by atoms with Crippen LogP contribution < -0.4 is 5.32 Å². The van der Waals surface area contributed by atoms with Gasteiger partial charge in [-0.15, -0.1) is 11.3 Å². The molecule has 1 N–H and O–H groups in total. The van der Waals surface area contributed by atoms with E-state index >= 15 is 0 Å². The van der Waals surface area contributed by atoms with Crippen molar-refractivity contribution in [1.82, 2.24) is 5.32 Å². The van der Waals surface area contributed by atoms with Crippen molar-refractivity contribution in [3.05, 3.63) is 27.5 Å². The van der Waals surface area contributed by atoms with Crippen molar-refractivity contribution in [2.45, 2.75) is 27.7 Å². The van der Waals surface area contributed by atoms with Gasteiger partial charge in [-0.25, -0.2) is 0 Å². The van der Waals surface area contributed by atoms with Gasteiger partial charge in [0.2, 0.25) is 0 Å². The Morgan fingerprint density at radius 3 is 2.67 bits per heavy atom. The number of nitrogens with one attached hydrogen (secondary N) is 1. The summed E-state index contributed by atoms with van der Waals surface area (Å²) in [5.74, 6) is 0.617. The second-order valence-corrected chi connectivity index (χ2v) is 5.42. The van der Waals surface area contributed by atoms with Gasteiger partial charge < -0.3 is 5.32 Å². The highest BCUT2D eigenvalue weighted by molar-refractivity contribution is 7.12. The van der Waals surface area contributed by atoms with Crippen LogP contribution in [0.1, 0.15) is 30.5 Å². The van der Waals surface area contributed by atoms with Gasteiger partial charge in [0.05, 0.1) is 0 Å². The van der Waals surface area contributed by atoms with Crippen LogP contribution in [0.15, 0.2) is 17.7 Å². The van der Waals surface area contributed by atoms with E-state index in [1.165, 1.54) is 15.3 Å². The average molecular weight is 223 g/mol. The molecule has 0 saturated heterocycles. The van der Waals surface area contributed by atoms with Gasteiger partial charge >= 0.3 is 0 Å². The third-order valence-corrected chi connectivity index (χ3v) is 3.36. The molecule has 0 aliphatic rings. The zero-order chi connectivity index (χ0) is 11.3. The molecule has 1 aromatic rings. The molecule has 0 atom stereocenters. The molecule has 0 aliphatic heterocycles. The molecule has 1 nitrogen and oxygen atoms in total. The number of aryl methyl sites for hydroxylation is 1. The lowest BCUT2D eigenvalue weighted by Crippen LogP contribution is -2.18. The molecule has 0 saturated carbocycles. The van der Waals surface area contributed by atoms with Crippen molar-refractivity contribution < 1.29 is 0 Å². The molecular weight excluding hydrogens is 202 g/mol. The van der Waals surface area contributed by atoms with E-state index in [0.29, 0.717) is 5.92 Å². The molecule has 0 aliphatic carbocycles. The molecule has 1 heterocycles. The Balaban J connectivity index is 2.74. The minimum atomic E-state index is 0.617. The van der Waals surface area contributed by atoms with Crippen molar-refractivity contribution in [1.29, 1.82) is 0 Å². The molecule has 15 heavy (non-hydrogen) atoms. The Bertz CT molecular complexity index is 323. The molecule has 0 unspecified atom stereocenters. The third-order valence-electron chi connectivity index (χ3n) is 2.41. The van der Waals surface area contributed by atoms with Crippen molar-refractivity contribution in [3.8, 4) is 0 Å². The van der Waals surface area contributed by atoms with Crippen LogP contribution in [-0.4, -0.2) is 13.1 Å². The first kappa shape index (κ1) is 12.5. The van der Waals surface area contributed by atoms with E-state index in [1.807, 2.05) is 11.3 Å². The summed E-state index contributed by atoms with van der Waals surface area (Å²) in [5, 5.41) is 3.39. The molecule has 1 rings (SSSR count). The zero-order valence-corrected chi connectivity index (χ0v) is 10.9. The van der Waals surface area contributed by atoms with E-state index in [-0.39, 0.29) is 0 Å². The summed E-state index contributed by atoms with van der Waals surface area (Å²) >= 11 is 1.86. The zero-order valence-electron chi connectivity index (χ0n) is 10.1. The molecule has 0 fully saturated rings. The Labute approximate surface area is 97.2 Å². The van der Waals surface area contributed by atoms with Gasteiger partial charge in [-0.1, -0.05) is 26.3 Å². The fourth-order valence-electron chi connectivity index (χ4n) is 1.40.